The van der Waals surface area contributed by atoms with Gasteiger partial charge in [0.2, 0.25) is 0 Å². The van der Waals surface area contributed by atoms with Gasteiger partial charge < -0.3 is 10.1 Å². The first-order valence-corrected chi connectivity index (χ1v) is 10.4. The van der Waals surface area contributed by atoms with Crippen LogP contribution in [0.5, 0.6) is 5.75 Å². The van der Waals surface area contributed by atoms with Gasteiger partial charge in [0.05, 0.1) is 10.5 Å². The molecule has 3 rings (SSSR count). The molecule has 2 N–H and O–H groups in total. The molecule has 3 aromatic carbocycles. The molecule has 1 amide bonds. The normalized spacial score (nSPS) is 11.6. The summed E-state index contributed by atoms with van der Waals surface area (Å²) in [5, 5.41) is 2.34. The van der Waals surface area contributed by atoms with Crippen LogP contribution < -0.4 is 14.8 Å². The molecule has 31 heavy (non-hydrogen) atoms. The van der Waals surface area contributed by atoms with Gasteiger partial charge in [0.25, 0.3) is 15.9 Å². The van der Waals surface area contributed by atoms with Crippen LogP contribution in [0.25, 0.3) is 0 Å². The van der Waals surface area contributed by atoms with Crippen molar-refractivity contribution in [2.45, 2.75) is 11.3 Å². The van der Waals surface area contributed by atoms with Crippen molar-refractivity contribution in [3.8, 4) is 5.75 Å². The Labute approximate surface area is 180 Å². The Bertz CT molecular complexity index is 1190. The van der Waals surface area contributed by atoms with Crippen molar-refractivity contribution in [1.82, 2.24) is 0 Å². The number of hydrogen-bond donors (Lipinski definition) is 2. The van der Waals surface area contributed by atoms with Gasteiger partial charge in [-0.15, -0.1) is 13.2 Å². The molecule has 0 aliphatic carbocycles. The maximum Gasteiger partial charge on any atom is 0.573 e. The second-order valence-electron chi connectivity index (χ2n) is 6.14. The van der Waals surface area contributed by atoms with E-state index in [0.717, 1.165) is 12.1 Å². The molecule has 6 nitrogen and oxygen atoms in total. The summed E-state index contributed by atoms with van der Waals surface area (Å²) < 4.78 is 68.9. The van der Waals surface area contributed by atoms with E-state index in [2.05, 4.69) is 14.8 Å². The first kappa shape index (κ1) is 22.4. The van der Waals surface area contributed by atoms with Crippen LogP contribution in [0.15, 0.2) is 77.7 Å². The number of alkyl halides is 3. The fourth-order valence-corrected chi connectivity index (χ4v) is 3.75. The molecule has 0 radical (unpaired) electrons. The number of rotatable bonds is 6. The van der Waals surface area contributed by atoms with Crippen LogP contribution in [0.1, 0.15) is 10.4 Å². The predicted molar refractivity (Wildman–Crippen MR) is 110 cm³/mol. The number of ether oxygens (including phenoxy) is 1. The average Bonchev–Trinajstić information content (AvgIpc) is 2.67. The third kappa shape index (κ3) is 6.12. The molecular formula is C20H14ClF3N2O4S. The highest BCUT2D eigenvalue weighted by molar-refractivity contribution is 7.92. The van der Waals surface area contributed by atoms with Crippen molar-refractivity contribution in [1.29, 1.82) is 0 Å². The van der Waals surface area contributed by atoms with Crippen LogP contribution >= 0.6 is 11.6 Å². The first-order valence-electron chi connectivity index (χ1n) is 8.58. The van der Waals surface area contributed by atoms with Crippen LogP contribution in [0.4, 0.5) is 24.5 Å². The Morgan fingerprint density at radius 2 is 1.55 bits per heavy atom. The predicted octanol–water partition coefficient (Wildman–Crippen LogP) is 5.29. The number of benzene rings is 3. The van der Waals surface area contributed by atoms with E-state index in [1.165, 1.54) is 30.3 Å². The van der Waals surface area contributed by atoms with Crippen LogP contribution in [-0.2, 0) is 10.0 Å². The van der Waals surface area contributed by atoms with E-state index >= 15 is 0 Å². The van der Waals surface area contributed by atoms with E-state index < -0.39 is 33.6 Å². The summed E-state index contributed by atoms with van der Waals surface area (Å²) in [5.74, 6) is -1.65. The Kier molecular flexibility index (Phi) is 6.42. The summed E-state index contributed by atoms with van der Waals surface area (Å²) in [5.41, 5.74) is 0.139. The van der Waals surface area contributed by atoms with Gasteiger partial charge in [0.15, 0.2) is 0 Å². The molecule has 11 heteroatoms. The van der Waals surface area contributed by atoms with Gasteiger partial charge in [-0.3, -0.25) is 9.52 Å². The zero-order valence-electron chi connectivity index (χ0n) is 15.5. The maximum absolute atomic E-state index is 12.6. The van der Waals surface area contributed by atoms with Gasteiger partial charge in [0.1, 0.15) is 5.75 Å². The number of halogens is 4. The van der Waals surface area contributed by atoms with E-state index in [1.54, 1.807) is 30.3 Å². The monoisotopic (exact) mass is 470 g/mol. The van der Waals surface area contributed by atoms with E-state index in [1.807, 2.05) is 0 Å². The van der Waals surface area contributed by atoms with Crippen LogP contribution in [-0.4, -0.2) is 20.7 Å². The number of anilines is 2. The van der Waals surface area contributed by atoms with Crippen molar-refractivity contribution in [3.63, 3.8) is 0 Å². The highest BCUT2D eigenvalue weighted by Crippen LogP contribution is 2.30. The molecule has 0 aliphatic rings. The highest BCUT2D eigenvalue weighted by atomic mass is 35.5. The quantitative estimate of drug-likeness (QED) is 0.512. The molecule has 0 heterocycles. The molecular weight excluding hydrogens is 457 g/mol. The molecule has 0 fully saturated rings. The van der Waals surface area contributed by atoms with Crippen molar-refractivity contribution < 1.29 is 31.1 Å². The Hall–Kier alpha value is -3.24. The summed E-state index contributed by atoms with van der Waals surface area (Å²) in [7, 11) is -3.86. The number of para-hydroxylation sites is 1. The van der Waals surface area contributed by atoms with Crippen molar-refractivity contribution >= 4 is 38.9 Å². The Morgan fingerprint density at radius 1 is 0.903 bits per heavy atom. The van der Waals surface area contributed by atoms with E-state index in [4.69, 9.17) is 11.6 Å². The summed E-state index contributed by atoms with van der Waals surface area (Å²) in [6, 6.07) is 16.5. The molecule has 0 atom stereocenters. The molecule has 0 aromatic heterocycles. The second-order valence-corrected chi connectivity index (χ2v) is 8.26. The van der Waals surface area contributed by atoms with E-state index in [9.17, 15) is 26.4 Å². The SMILES string of the molecule is O=C(Nc1ccc(S(=O)(=O)Nc2ccccc2)cc1)c1ccc(Cl)cc1OC(F)(F)F. The van der Waals surface area contributed by atoms with Gasteiger partial charge in [0, 0.05) is 16.4 Å². The smallest absolute Gasteiger partial charge is 0.405 e. The van der Waals surface area contributed by atoms with Gasteiger partial charge in [-0.05, 0) is 54.6 Å². The molecule has 0 saturated heterocycles. The lowest BCUT2D eigenvalue weighted by Gasteiger charge is -2.14. The summed E-state index contributed by atoms with van der Waals surface area (Å²) in [4.78, 5) is 12.4. The summed E-state index contributed by atoms with van der Waals surface area (Å²) in [6.45, 7) is 0. The lowest BCUT2D eigenvalue weighted by Crippen LogP contribution is -2.21. The lowest BCUT2D eigenvalue weighted by molar-refractivity contribution is -0.274. The average molecular weight is 471 g/mol. The van der Waals surface area contributed by atoms with Crippen LogP contribution in [0.3, 0.4) is 0 Å². The maximum atomic E-state index is 12.6. The Balaban J connectivity index is 1.76. The standard InChI is InChI=1S/C20H14ClF3N2O4S/c21-13-6-11-17(18(12-13)30-20(22,23)24)19(27)25-14-7-9-16(10-8-14)31(28,29)26-15-4-2-1-3-5-15/h1-12,26H,(H,25,27). The zero-order valence-corrected chi connectivity index (χ0v) is 17.1. The number of hydrogen-bond acceptors (Lipinski definition) is 4. The number of carbonyl (C=O) groups excluding carboxylic acids is 1. The minimum atomic E-state index is -5.01. The number of nitrogens with one attached hydrogen (secondary N) is 2. The van der Waals surface area contributed by atoms with E-state index in [-0.39, 0.29) is 15.6 Å². The molecule has 0 saturated carbocycles. The van der Waals surface area contributed by atoms with Gasteiger partial charge in [-0.1, -0.05) is 29.8 Å². The van der Waals surface area contributed by atoms with E-state index in [0.29, 0.717) is 5.69 Å². The van der Waals surface area contributed by atoms with Gasteiger partial charge in [-0.25, -0.2) is 8.42 Å². The Morgan fingerprint density at radius 3 is 2.16 bits per heavy atom. The molecule has 162 valence electrons. The van der Waals surface area contributed by atoms with Gasteiger partial charge in [-0.2, -0.15) is 0 Å². The minimum Gasteiger partial charge on any atom is -0.405 e. The second kappa shape index (κ2) is 8.86. The summed E-state index contributed by atoms with van der Waals surface area (Å²) in [6.07, 6.45) is -5.01. The third-order valence-corrected chi connectivity index (χ3v) is 5.49. The number of sulfonamides is 1. The van der Waals surface area contributed by atoms with Gasteiger partial charge >= 0.3 is 6.36 Å². The molecule has 0 aliphatic heterocycles. The molecule has 0 spiro atoms. The number of carbonyl (C=O) groups is 1. The van der Waals surface area contributed by atoms with Crippen LogP contribution in [0, 0.1) is 0 Å². The van der Waals surface area contributed by atoms with Crippen molar-refractivity contribution in [2.75, 3.05) is 10.0 Å². The summed E-state index contributed by atoms with van der Waals surface area (Å²) >= 11 is 5.69. The minimum absolute atomic E-state index is 0.0451. The molecule has 0 bridgehead atoms. The lowest BCUT2D eigenvalue weighted by atomic mass is 10.2. The first-order chi connectivity index (χ1) is 14.5. The largest absolute Gasteiger partial charge is 0.573 e. The fraction of sp³-hybridized carbons (Fsp3) is 0.0500. The fourth-order valence-electron chi connectivity index (χ4n) is 2.53. The molecule has 3 aromatic rings. The molecule has 0 unspecified atom stereocenters. The van der Waals surface area contributed by atoms with Crippen LogP contribution in [0.2, 0.25) is 5.02 Å². The number of amides is 1. The van der Waals surface area contributed by atoms with Crippen molar-refractivity contribution in [3.05, 3.63) is 83.4 Å². The third-order valence-electron chi connectivity index (χ3n) is 3.86. The zero-order chi connectivity index (χ0) is 22.6. The topological polar surface area (TPSA) is 84.5 Å². The highest BCUT2D eigenvalue weighted by Gasteiger charge is 2.33. The van der Waals surface area contributed by atoms with Crippen molar-refractivity contribution in [2.24, 2.45) is 0 Å².